The molecule has 0 saturated carbocycles. The van der Waals surface area contributed by atoms with E-state index in [2.05, 4.69) is 9.97 Å². The molecule has 1 aliphatic carbocycles. The van der Waals surface area contributed by atoms with E-state index in [-0.39, 0.29) is 5.69 Å². The summed E-state index contributed by atoms with van der Waals surface area (Å²) >= 11 is 5.22. The van der Waals surface area contributed by atoms with Crippen molar-refractivity contribution in [1.29, 1.82) is 0 Å². The molecule has 5 heteroatoms. The van der Waals surface area contributed by atoms with Crippen LogP contribution in [0.3, 0.4) is 0 Å². The van der Waals surface area contributed by atoms with E-state index in [0.29, 0.717) is 11.2 Å². The van der Waals surface area contributed by atoms with E-state index in [1.807, 2.05) is 22.8 Å². The zero-order chi connectivity index (χ0) is 13.2. The number of nitrogens with zero attached hydrogens (tertiary/aromatic N) is 2. The Kier molecular flexibility index (Phi) is 3.29. The van der Waals surface area contributed by atoms with Gasteiger partial charge in [0.15, 0.2) is 0 Å². The molecule has 2 aromatic rings. The molecule has 0 aromatic carbocycles. The molecular weight excluding hydrogens is 258 g/mol. The molecule has 1 N–H and O–H groups in total. The number of aryl methyl sites for hydroxylation is 1. The summed E-state index contributed by atoms with van der Waals surface area (Å²) in [7, 11) is 0. The molecule has 0 amide bonds. The SMILES string of the molecule is O=c1[nH]c(=S)c2c(n1CCc1ccccn1)CCC2. The standard InChI is InChI=1S/C14H15N3OS/c18-14-16-13(19)11-5-3-6-12(11)17(14)9-7-10-4-1-2-8-15-10/h1-2,4,8H,3,5-7,9H2,(H,16,18,19). The Balaban J connectivity index is 1.92. The Morgan fingerprint density at radius 2 is 2.26 bits per heavy atom. The summed E-state index contributed by atoms with van der Waals surface area (Å²) in [5, 5.41) is 0. The molecule has 98 valence electrons. The smallest absolute Gasteiger partial charge is 0.298 e. The fourth-order valence-electron chi connectivity index (χ4n) is 2.64. The summed E-state index contributed by atoms with van der Waals surface area (Å²) < 4.78 is 2.44. The average molecular weight is 273 g/mol. The highest BCUT2D eigenvalue weighted by atomic mass is 32.1. The highest BCUT2D eigenvalue weighted by molar-refractivity contribution is 7.71. The molecule has 4 nitrogen and oxygen atoms in total. The number of rotatable bonds is 3. The lowest BCUT2D eigenvalue weighted by Gasteiger charge is -2.11. The first-order valence-electron chi connectivity index (χ1n) is 6.50. The molecule has 19 heavy (non-hydrogen) atoms. The van der Waals surface area contributed by atoms with Crippen LogP contribution >= 0.6 is 12.2 Å². The van der Waals surface area contributed by atoms with Crippen molar-refractivity contribution in [3.05, 3.63) is 56.5 Å². The molecule has 0 fully saturated rings. The minimum Gasteiger partial charge on any atom is -0.298 e. The van der Waals surface area contributed by atoms with Crippen molar-refractivity contribution in [3.63, 3.8) is 0 Å². The number of hydrogen-bond acceptors (Lipinski definition) is 3. The molecule has 0 atom stereocenters. The van der Waals surface area contributed by atoms with Crippen LogP contribution in [0.1, 0.15) is 23.4 Å². The van der Waals surface area contributed by atoms with Gasteiger partial charge in [-0.25, -0.2) is 4.79 Å². The third-order valence-electron chi connectivity index (χ3n) is 3.57. The number of aromatic nitrogens is 3. The zero-order valence-electron chi connectivity index (χ0n) is 10.6. The maximum absolute atomic E-state index is 12.0. The second-order valence-electron chi connectivity index (χ2n) is 4.76. The lowest BCUT2D eigenvalue weighted by molar-refractivity contribution is 0.610. The zero-order valence-corrected chi connectivity index (χ0v) is 11.4. The van der Waals surface area contributed by atoms with Gasteiger partial charge in [-0.15, -0.1) is 0 Å². The molecule has 0 bridgehead atoms. The lowest BCUT2D eigenvalue weighted by Crippen LogP contribution is -2.27. The van der Waals surface area contributed by atoms with Gasteiger partial charge in [0.1, 0.15) is 4.64 Å². The topological polar surface area (TPSA) is 50.7 Å². The van der Waals surface area contributed by atoms with E-state index in [4.69, 9.17) is 12.2 Å². The second-order valence-corrected chi connectivity index (χ2v) is 5.17. The van der Waals surface area contributed by atoms with Crippen molar-refractivity contribution in [2.75, 3.05) is 0 Å². The summed E-state index contributed by atoms with van der Waals surface area (Å²) in [4.78, 5) is 19.1. The number of pyridine rings is 1. The first kappa shape index (κ1) is 12.3. The van der Waals surface area contributed by atoms with Crippen LogP contribution in [0, 0.1) is 4.64 Å². The van der Waals surface area contributed by atoms with Gasteiger partial charge in [0, 0.05) is 36.1 Å². The van der Waals surface area contributed by atoms with Crippen molar-refractivity contribution >= 4 is 12.2 Å². The molecule has 2 aromatic heterocycles. The molecule has 0 unspecified atom stereocenters. The van der Waals surface area contributed by atoms with Crippen LogP contribution in [0.15, 0.2) is 29.2 Å². The molecule has 0 spiro atoms. The molecular formula is C14H15N3OS. The van der Waals surface area contributed by atoms with Gasteiger partial charge in [-0.05, 0) is 31.4 Å². The quantitative estimate of drug-likeness (QED) is 0.871. The Morgan fingerprint density at radius 1 is 1.37 bits per heavy atom. The van der Waals surface area contributed by atoms with Crippen LogP contribution in [0.4, 0.5) is 0 Å². The summed E-state index contributed by atoms with van der Waals surface area (Å²) in [6, 6.07) is 5.84. The van der Waals surface area contributed by atoms with Crippen LogP contribution in [0.25, 0.3) is 0 Å². The molecule has 0 radical (unpaired) electrons. The summed E-state index contributed by atoms with van der Waals surface area (Å²) in [6.07, 6.45) is 5.55. The van der Waals surface area contributed by atoms with Gasteiger partial charge in [-0.2, -0.15) is 0 Å². The van der Waals surface area contributed by atoms with Gasteiger partial charge in [-0.1, -0.05) is 18.3 Å². The number of hydrogen-bond donors (Lipinski definition) is 1. The largest absolute Gasteiger partial charge is 0.326 e. The van der Waals surface area contributed by atoms with Gasteiger partial charge < -0.3 is 0 Å². The molecule has 1 aliphatic rings. The van der Waals surface area contributed by atoms with Crippen LogP contribution in [0.2, 0.25) is 0 Å². The highest BCUT2D eigenvalue weighted by Crippen LogP contribution is 2.20. The van der Waals surface area contributed by atoms with Crippen molar-refractivity contribution in [2.24, 2.45) is 0 Å². The van der Waals surface area contributed by atoms with E-state index in [1.54, 1.807) is 6.20 Å². The second kappa shape index (κ2) is 5.09. The summed E-state index contributed by atoms with van der Waals surface area (Å²) in [5.41, 5.74) is 3.17. The normalized spacial score (nSPS) is 13.5. The number of fused-ring (bicyclic) bond motifs is 1. The molecule has 0 aliphatic heterocycles. The Morgan fingerprint density at radius 3 is 3.05 bits per heavy atom. The lowest BCUT2D eigenvalue weighted by atomic mass is 10.2. The highest BCUT2D eigenvalue weighted by Gasteiger charge is 2.17. The predicted octanol–water partition coefficient (Wildman–Crippen LogP) is 2.03. The minimum absolute atomic E-state index is 0.0958. The first-order chi connectivity index (χ1) is 9.25. The van der Waals surface area contributed by atoms with Crippen molar-refractivity contribution in [3.8, 4) is 0 Å². The van der Waals surface area contributed by atoms with Crippen LogP contribution in [-0.2, 0) is 25.8 Å². The van der Waals surface area contributed by atoms with Gasteiger partial charge in [-0.3, -0.25) is 14.5 Å². The Labute approximate surface area is 116 Å². The van der Waals surface area contributed by atoms with Crippen molar-refractivity contribution in [1.82, 2.24) is 14.5 Å². The monoisotopic (exact) mass is 273 g/mol. The molecule has 2 heterocycles. The van der Waals surface area contributed by atoms with E-state index < -0.39 is 0 Å². The van der Waals surface area contributed by atoms with Crippen LogP contribution < -0.4 is 5.69 Å². The van der Waals surface area contributed by atoms with Crippen LogP contribution in [0.5, 0.6) is 0 Å². The van der Waals surface area contributed by atoms with Crippen molar-refractivity contribution in [2.45, 2.75) is 32.2 Å². The van der Waals surface area contributed by atoms with E-state index in [1.165, 1.54) is 0 Å². The third-order valence-corrected chi connectivity index (χ3v) is 3.92. The van der Waals surface area contributed by atoms with E-state index in [9.17, 15) is 4.79 Å². The van der Waals surface area contributed by atoms with Crippen LogP contribution in [-0.4, -0.2) is 14.5 Å². The summed E-state index contributed by atoms with van der Waals surface area (Å²) in [6.45, 7) is 0.657. The number of H-pyrrole nitrogens is 1. The van der Waals surface area contributed by atoms with Gasteiger partial charge in [0.2, 0.25) is 0 Å². The first-order valence-corrected chi connectivity index (χ1v) is 6.91. The Hall–Kier alpha value is -1.75. The molecule has 0 saturated heterocycles. The Bertz CT molecular complexity index is 703. The number of aromatic amines is 1. The van der Waals surface area contributed by atoms with E-state index >= 15 is 0 Å². The number of nitrogens with one attached hydrogen (secondary N) is 1. The predicted molar refractivity (Wildman–Crippen MR) is 75.9 cm³/mol. The third kappa shape index (κ3) is 2.38. The van der Waals surface area contributed by atoms with E-state index in [0.717, 1.165) is 42.6 Å². The fraction of sp³-hybridized carbons (Fsp3) is 0.357. The fourth-order valence-corrected chi connectivity index (χ4v) is 2.95. The average Bonchev–Trinajstić information content (AvgIpc) is 2.89. The van der Waals surface area contributed by atoms with Gasteiger partial charge in [0.05, 0.1) is 0 Å². The maximum Gasteiger partial charge on any atom is 0.326 e. The summed E-state index contributed by atoms with van der Waals surface area (Å²) in [5.74, 6) is 0. The van der Waals surface area contributed by atoms with Gasteiger partial charge in [0.25, 0.3) is 0 Å². The maximum atomic E-state index is 12.0. The van der Waals surface area contributed by atoms with Gasteiger partial charge >= 0.3 is 5.69 Å². The van der Waals surface area contributed by atoms with Crippen molar-refractivity contribution < 1.29 is 0 Å². The minimum atomic E-state index is -0.0958. The molecule has 3 rings (SSSR count).